The van der Waals surface area contributed by atoms with Gasteiger partial charge >= 0.3 is 0 Å². The summed E-state index contributed by atoms with van der Waals surface area (Å²) in [6.45, 7) is 6.55. The van der Waals surface area contributed by atoms with Gasteiger partial charge in [-0.05, 0) is 51.1 Å². The molecule has 1 N–H and O–H groups in total. The molecule has 2 aliphatic heterocycles. The molecule has 2 unspecified atom stereocenters. The molecule has 2 fully saturated rings. The molecule has 1 aromatic heterocycles. The lowest BCUT2D eigenvalue weighted by atomic mass is 10.1. The van der Waals surface area contributed by atoms with Crippen molar-refractivity contribution in [2.45, 2.75) is 57.6 Å². The highest BCUT2D eigenvalue weighted by molar-refractivity contribution is 5.92. The van der Waals surface area contributed by atoms with Crippen molar-refractivity contribution >= 4 is 5.91 Å². The fraction of sp³-hybridized carbons (Fsp3) is 0.778. The first-order valence-electron chi connectivity index (χ1n) is 9.44. The van der Waals surface area contributed by atoms with Crippen LogP contribution in [0.2, 0.25) is 0 Å². The zero-order valence-electron chi connectivity index (χ0n) is 14.7. The molecule has 6 nitrogen and oxygen atoms in total. The number of rotatable bonds is 5. The van der Waals surface area contributed by atoms with Gasteiger partial charge in [0.25, 0.3) is 5.91 Å². The molecule has 3 rings (SSSR count). The normalized spacial score (nSPS) is 25.5. The number of nitrogens with zero attached hydrogens (tertiary/aromatic N) is 3. The second-order valence-corrected chi connectivity index (χ2v) is 6.90. The molecule has 2 saturated heterocycles. The van der Waals surface area contributed by atoms with E-state index in [9.17, 15) is 4.79 Å². The third-order valence-electron chi connectivity index (χ3n) is 4.99. The lowest BCUT2D eigenvalue weighted by Crippen LogP contribution is -2.34. The summed E-state index contributed by atoms with van der Waals surface area (Å²) in [6, 6.07) is 2.24. The van der Waals surface area contributed by atoms with E-state index >= 15 is 0 Å². The Kier molecular flexibility index (Phi) is 6.26. The van der Waals surface area contributed by atoms with Crippen molar-refractivity contribution in [1.29, 1.82) is 0 Å². The van der Waals surface area contributed by atoms with Crippen LogP contribution in [0.1, 0.15) is 62.0 Å². The van der Waals surface area contributed by atoms with Crippen LogP contribution in [0.4, 0.5) is 0 Å². The van der Waals surface area contributed by atoms with Gasteiger partial charge in [-0.2, -0.15) is 5.10 Å². The summed E-state index contributed by atoms with van der Waals surface area (Å²) in [7, 11) is 0. The number of likely N-dealkylation sites (tertiary alicyclic amines) is 1. The first-order chi connectivity index (χ1) is 11.8. The first-order valence-corrected chi connectivity index (χ1v) is 9.44. The molecule has 1 aromatic rings. The summed E-state index contributed by atoms with van der Waals surface area (Å²) in [4.78, 5) is 14.7. The highest BCUT2D eigenvalue weighted by Gasteiger charge is 2.24. The van der Waals surface area contributed by atoms with Crippen LogP contribution in [0.3, 0.4) is 0 Å². The van der Waals surface area contributed by atoms with E-state index < -0.39 is 0 Å². The van der Waals surface area contributed by atoms with Crippen LogP contribution >= 0.6 is 0 Å². The largest absolute Gasteiger partial charge is 0.378 e. The van der Waals surface area contributed by atoms with Crippen LogP contribution in [0.5, 0.6) is 0 Å². The molecule has 0 bridgehead atoms. The third kappa shape index (κ3) is 4.36. The number of amides is 1. The average Bonchev–Trinajstić information content (AvgIpc) is 3.00. The molecule has 1 amide bonds. The summed E-state index contributed by atoms with van der Waals surface area (Å²) in [5.41, 5.74) is 0.577. The van der Waals surface area contributed by atoms with E-state index in [1.54, 1.807) is 0 Å². The van der Waals surface area contributed by atoms with Crippen molar-refractivity contribution in [2.75, 3.05) is 32.8 Å². The minimum absolute atomic E-state index is 0.0636. The van der Waals surface area contributed by atoms with Crippen LogP contribution in [-0.2, 0) is 4.74 Å². The number of carbonyl (C=O) groups is 1. The monoisotopic (exact) mass is 334 g/mol. The van der Waals surface area contributed by atoms with Gasteiger partial charge in [-0.25, -0.2) is 0 Å². The van der Waals surface area contributed by atoms with E-state index in [2.05, 4.69) is 17.3 Å². The molecule has 0 spiro atoms. The lowest BCUT2D eigenvalue weighted by Gasteiger charge is -2.23. The second-order valence-electron chi connectivity index (χ2n) is 6.90. The summed E-state index contributed by atoms with van der Waals surface area (Å²) < 4.78 is 7.83. The molecule has 134 valence electrons. The predicted octanol–water partition coefficient (Wildman–Crippen LogP) is 2.23. The van der Waals surface area contributed by atoms with Gasteiger partial charge in [0.1, 0.15) is 5.69 Å². The van der Waals surface area contributed by atoms with Crippen molar-refractivity contribution in [2.24, 2.45) is 0 Å². The highest BCUT2D eigenvalue weighted by atomic mass is 16.5. The van der Waals surface area contributed by atoms with E-state index in [1.807, 2.05) is 21.8 Å². The number of piperidine rings is 1. The van der Waals surface area contributed by atoms with Crippen LogP contribution in [0.25, 0.3) is 0 Å². The molecule has 2 aliphatic rings. The van der Waals surface area contributed by atoms with Gasteiger partial charge in [-0.1, -0.05) is 6.92 Å². The van der Waals surface area contributed by atoms with E-state index in [4.69, 9.17) is 4.74 Å². The van der Waals surface area contributed by atoms with Crippen molar-refractivity contribution in [3.05, 3.63) is 18.0 Å². The summed E-state index contributed by atoms with van der Waals surface area (Å²) in [5.74, 6) is 0.0636. The van der Waals surface area contributed by atoms with E-state index in [0.29, 0.717) is 17.8 Å². The lowest BCUT2D eigenvalue weighted by molar-refractivity contribution is 0.0432. The zero-order valence-corrected chi connectivity index (χ0v) is 14.7. The molecular formula is C18H30N4O2. The summed E-state index contributed by atoms with van der Waals surface area (Å²) in [6.07, 6.45) is 8.58. The quantitative estimate of drug-likeness (QED) is 0.897. The zero-order chi connectivity index (χ0) is 16.8. The molecule has 2 atom stereocenters. The number of nitrogens with one attached hydrogen (secondary N) is 1. The van der Waals surface area contributed by atoms with Gasteiger partial charge in [-0.15, -0.1) is 0 Å². The van der Waals surface area contributed by atoms with Crippen molar-refractivity contribution in [3.8, 4) is 0 Å². The van der Waals surface area contributed by atoms with Gasteiger partial charge in [0.15, 0.2) is 0 Å². The molecule has 6 heteroatoms. The third-order valence-corrected chi connectivity index (χ3v) is 4.99. The Labute approximate surface area is 144 Å². The smallest absolute Gasteiger partial charge is 0.274 e. The fourth-order valence-electron chi connectivity index (χ4n) is 3.60. The Morgan fingerprint density at radius 3 is 3.04 bits per heavy atom. The molecule has 24 heavy (non-hydrogen) atoms. The van der Waals surface area contributed by atoms with Crippen molar-refractivity contribution < 1.29 is 9.53 Å². The number of carbonyl (C=O) groups excluding carboxylic acids is 1. The maximum Gasteiger partial charge on any atom is 0.274 e. The molecule has 0 aromatic carbocycles. The minimum atomic E-state index is 0.0636. The number of hydrogen-bond acceptors (Lipinski definition) is 4. The molecule has 3 heterocycles. The van der Waals surface area contributed by atoms with Crippen LogP contribution in [-0.4, -0.2) is 59.5 Å². The van der Waals surface area contributed by atoms with Gasteiger partial charge in [0, 0.05) is 32.4 Å². The van der Waals surface area contributed by atoms with Crippen LogP contribution < -0.4 is 5.32 Å². The number of hydrogen-bond donors (Lipinski definition) is 1. The Hall–Kier alpha value is -1.40. The Morgan fingerprint density at radius 2 is 2.25 bits per heavy atom. The van der Waals surface area contributed by atoms with E-state index in [-0.39, 0.29) is 5.91 Å². The molecular weight excluding hydrogens is 304 g/mol. The Morgan fingerprint density at radius 1 is 1.33 bits per heavy atom. The van der Waals surface area contributed by atoms with Gasteiger partial charge in [0.05, 0.1) is 12.1 Å². The summed E-state index contributed by atoms with van der Waals surface area (Å²) in [5, 5.41) is 7.96. The van der Waals surface area contributed by atoms with Crippen molar-refractivity contribution in [1.82, 2.24) is 20.0 Å². The van der Waals surface area contributed by atoms with E-state index in [0.717, 1.165) is 64.9 Å². The standard InChI is InChI=1S/C18H30N4O2/c1-2-13-24-16-6-4-10-21(11-7-16)18(23)17-8-12-22(20-17)15-5-3-9-19-14-15/h8,12,15-16,19H,2-7,9-11,13-14H2,1H3. The van der Waals surface area contributed by atoms with Crippen LogP contribution in [0, 0.1) is 0 Å². The number of aromatic nitrogens is 2. The first kappa shape index (κ1) is 17.4. The highest BCUT2D eigenvalue weighted by Crippen LogP contribution is 2.18. The minimum Gasteiger partial charge on any atom is -0.378 e. The van der Waals surface area contributed by atoms with Gasteiger partial charge in [0.2, 0.25) is 0 Å². The second kappa shape index (κ2) is 8.62. The molecule has 0 saturated carbocycles. The van der Waals surface area contributed by atoms with Gasteiger partial charge in [-0.3, -0.25) is 9.48 Å². The van der Waals surface area contributed by atoms with E-state index in [1.165, 1.54) is 6.42 Å². The molecule has 0 radical (unpaired) electrons. The SMILES string of the molecule is CCCOC1CCCN(C(=O)c2ccn(C3CCCNC3)n2)CC1. The number of ether oxygens (including phenoxy) is 1. The maximum absolute atomic E-state index is 12.8. The molecule has 0 aliphatic carbocycles. The summed E-state index contributed by atoms with van der Waals surface area (Å²) >= 11 is 0. The predicted molar refractivity (Wildman–Crippen MR) is 93.2 cm³/mol. The topological polar surface area (TPSA) is 59.4 Å². The van der Waals surface area contributed by atoms with Crippen molar-refractivity contribution in [3.63, 3.8) is 0 Å². The Bertz CT molecular complexity index is 525. The fourth-order valence-corrected chi connectivity index (χ4v) is 3.60. The Balaban J connectivity index is 1.57. The van der Waals surface area contributed by atoms with Gasteiger partial charge < -0.3 is 15.0 Å². The maximum atomic E-state index is 12.8. The average molecular weight is 334 g/mol. The van der Waals surface area contributed by atoms with Crippen LogP contribution in [0.15, 0.2) is 12.3 Å².